The van der Waals surface area contributed by atoms with Gasteiger partial charge in [0.25, 0.3) is 0 Å². The van der Waals surface area contributed by atoms with Crippen molar-refractivity contribution in [3.8, 4) is 0 Å². The van der Waals surface area contributed by atoms with E-state index >= 15 is 0 Å². The second kappa shape index (κ2) is 5.72. The summed E-state index contributed by atoms with van der Waals surface area (Å²) in [6.07, 6.45) is -9.72. The highest BCUT2D eigenvalue weighted by Crippen LogP contribution is 2.18. The van der Waals surface area contributed by atoms with Gasteiger partial charge in [-0.15, -0.1) is 0 Å². The number of hydrogen-bond acceptors (Lipinski definition) is 8. The lowest BCUT2D eigenvalue weighted by Gasteiger charge is -2.25. The Hall–Kier alpha value is -2.27. The third-order valence-electron chi connectivity index (χ3n) is 1.16. The molecule has 0 aliphatic carbocycles. The molecule has 0 aliphatic heterocycles. The summed E-state index contributed by atoms with van der Waals surface area (Å²) in [4.78, 5) is 30.2. The molecule has 0 fully saturated rings. The largest absolute Gasteiger partial charge is 0.510 e. The quantitative estimate of drug-likeness (QED) is 0.313. The molecule has 5 N–H and O–H groups in total. The number of hydrogen-bond donors (Lipinski definition) is 5. The molecule has 0 heterocycles. The van der Waals surface area contributed by atoms with Gasteiger partial charge in [0.2, 0.25) is 6.29 Å². The summed E-state index contributed by atoms with van der Waals surface area (Å²) in [5, 5.41) is 42.5. The van der Waals surface area contributed by atoms with Crippen molar-refractivity contribution in [1.29, 1.82) is 0 Å². The molecule has 0 amide bonds. The molecule has 11 nitrogen and oxygen atoms in total. The van der Waals surface area contributed by atoms with Gasteiger partial charge < -0.3 is 39.7 Å². The van der Waals surface area contributed by atoms with E-state index in [1.54, 1.807) is 0 Å². The van der Waals surface area contributed by atoms with Gasteiger partial charge in [0.15, 0.2) is 0 Å². The Labute approximate surface area is 92.4 Å². The molecule has 0 saturated heterocycles. The molecule has 1 unspecified atom stereocenters. The monoisotopic (exact) mass is 256 g/mol. The molecule has 0 spiro atoms. The van der Waals surface area contributed by atoms with Crippen LogP contribution in [0.2, 0.25) is 0 Å². The number of rotatable bonds is 5. The lowest BCUT2D eigenvalue weighted by molar-refractivity contribution is -0.333. The van der Waals surface area contributed by atoms with Crippen LogP contribution < -0.4 is 0 Å². The van der Waals surface area contributed by atoms with Gasteiger partial charge in [0.05, 0.1) is 0 Å². The Kier molecular flexibility index (Phi) is 4.95. The van der Waals surface area contributed by atoms with Crippen molar-refractivity contribution in [2.24, 2.45) is 0 Å². The van der Waals surface area contributed by atoms with Gasteiger partial charge in [-0.05, 0) is 0 Å². The molecule has 0 aromatic carbocycles. The lowest BCUT2D eigenvalue weighted by Crippen LogP contribution is -2.43. The third-order valence-corrected chi connectivity index (χ3v) is 1.16. The second-order valence-corrected chi connectivity index (χ2v) is 2.49. The van der Waals surface area contributed by atoms with Crippen molar-refractivity contribution in [3.05, 3.63) is 0 Å². The van der Waals surface area contributed by atoms with Crippen molar-refractivity contribution in [1.82, 2.24) is 0 Å². The third kappa shape index (κ3) is 6.75. The summed E-state index contributed by atoms with van der Waals surface area (Å²) in [6, 6.07) is 0. The van der Waals surface area contributed by atoms with E-state index in [-0.39, 0.29) is 0 Å². The number of aliphatic hydroxyl groups excluding tert-OH is 1. The molecule has 0 rings (SSSR count). The maximum Gasteiger partial charge on any atom is 0.510 e. The van der Waals surface area contributed by atoms with Gasteiger partial charge >= 0.3 is 24.4 Å². The fraction of sp³-hybridized carbons (Fsp3) is 0.500. The van der Waals surface area contributed by atoms with Gasteiger partial charge in [-0.1, -0.05) is 0 Å². The van der Waals surface area contributed by atoms with Crippen molar-refractivity contribution < 1.29 is 54.1 Å². The van der Waals surface area contributed by atoms with E-state index in [1.807, 2.05) is 0 Å². The standard InChI is InChI=1S/C6H8O11/c7-2(15-3(8)9)1-6(14,16-4(10)11)17-5(12)13/h2,7,14H,1H2,(H,8,9)(H,10,11)(H,12,13). The molecular weight excluding hydrogens is 248 g/mol. The minimum atomic E-state index is -3.29. The summed E-state index contributed by atoms with van der Waals surface area (Å²) in [6.45, 7) is 0. The van der Waals surface area contributed by atoms with Crippen LogP contribution in [0.25, 0.3) is 0 Å². The summed E-state index contributed by atoms with van der Waals surface area (Å²) in [7, 11) is 0. The SMILES string of the molecule is O=C(O)OC(O)CC(O)(OC(=O)O)OC(=O)O. The van der Waals surface area contributed by atoms with E-state index in [0.29, 0.717) is 0 Å². The number of ether oxygens (including phenoxy) is 3. The van der Waals surface area contributed by atoms with Crippen LogP contribution in [0.1, 0.15) is 6.42 Å². The molecule has 11 heteroatoms. The highest BCUT2D eigenvalue weighted by molar-refractivity contribution is 5.60. The molecule has 0 saturated carbocycles. The zero-order chi connectivity index (χ0) is 13.6. The molecular formula is C6H8O11. The van der Waals surface area contributed by atoms with Gasteiger partial charge in [-0.2, -0.15) is 0 Å². The maximum absolute atomic E-state index is 10.1. The minimum absolute atomic E-state index is 1.29. The van der Waals surface area contributed by atoms with Crippen molar-refractivity contribution in [2.45, 2.75) is 18.7 Å². The van der Waals surface area contributed by atoms with Crippen molar-refractivity contribution in [3.63, 3.8) is 0 Å². The van der Waals surface area contributed by atoms with Gasteiger partial charge in [0.1, 0.15) is 6.42 Å². The van der Waals surface area contributed by atoms with Crippen LogP contribution in [0.4, 0.5) is 14.4 Å². The normalized spacial score (nSPS) is 12.4. The molecule has 1 atom stereocenters. The molecule has 17 heavy (non-hydrogen) atoms. The van der Waals surface area contributed by atoms with Crippen LogP contribution in [0.3, 0.4) is 0 Å². The fourth-order valence-corrected chi connectivity index (χ4v) is 0.756. The predicted octanol–water partition coefficient (Wildman–Crippen LogP) is -0.575. The number of carboxylic acid groups (broad SMARTS) is 3. The van der Waals surface area contributed by atoms with E-state index in [0.717, 1.165) is 0 Å². The smallest absolute Gasteiger partial charge is 0.450 e. The Balaban J connectivity index is 4.62. The first-order valence-electron chi connectivity index (χ1n) is 3.78. The van der Waals surface area contributed by atoms with E-state index in [4.69, 9.17) is 20.4 Å². The second-order valence-electron chi connectivity index (χ2n) is 2.49. The summed E-state index contributed by atoms with van der Waals surface area (Å²) < 4.78 is 10.9. The maximum atomic E-state index is 10.1. The molecule has 0 radical (unpaired) electrons. The summed E-state index contributed by atoms with van der Waals surface area (Å²) in [5.41, 5.74) is 0. The molecule has 0 bridgehead atoms. The van der Waals surface area contributed by atoms with Crippen LogP contribution in [-0.4, -0.2) is 56.3 Å². The molecule has 0 aliphatic rings. The van der Waals surface area contributed by atoms with Crippen LogP contribution in [0, 0.1) is 0 Å². The number of aliphatic hydroxyl groups is 2. The summed E-state index contributed by atoms with van der Waals surface area (Å²) >= 11 is 0. The van der Waals surface area contributed by atoms with E-state index in [1.165, 1.54) is 0 Å². The number of carbonyl (C=O) groups is 3. The zero-order valence-corrected chi connectivity index (χ0v) is 7.97. The first-order chi connectivity index (χ1) is 7.64. The molecule has 0 aromatic heterocycles. The first-order valence-corrected chi connectivity index (χ1v) is 3.78. The van der Waals surface area contributed by atoms with Gasteiger partial charge in [-0.3, -0.25) is 0 Å². The van der Waals surface area contributed by atoms with Crippen molar-refractivity contribution >= 4 is 18.5 Å². The Morgan fingerprint density at radius 1 is 1.00 bits per heavy atom. The van der Waals surface area contributed by atoms with E-state index in [9.17, 15) is 19.5 Å². The van der Waals surface area contributed by atoms with Crippen LogP contribution in [0.15, 0.2) is 0 Å². The average Bonchev–Trinajstić information content (AvgIpc) is 1.95. The predicted molar refractivity (Wildman–Crippen MR) is 42.9 cm³/mol. The lowest BCUT2D eigenvalue weighted by atomic mass is 10.3. The fourth-order valence-electron chi connectivity index (χ4n) is 0.756. The molecule has 0 aromatic rings. The Bertz CT molecular complexity index is 293. The van der Waals surface area contributed by atoms with Crippen LogP contribution in [-0.2, 0) is 14.2 Å². The highest BCUT2D eigenvalue weighted by Gasteiger charge is 2.40. The van der Waals surface area contributed by atoms with Crippen LogP contribution >= 0.6 is 0 Å². The Morgan fingerprint density at radius 3 is 1.71 bits per heavy atom. The molecule has 98 valence electrons. The van der Waals surface area contributed by atoms with E-state index < -0.39 is 37.2 Å². The average molecular weight is 256 g/mol. The topological polar surface area (TPSA) is 180 Å². The zero-order valence-electron chi connectivity index (χ0n) is 7.97. The van der Waals surface area contributed by atoms with E-state index in [2.05, 4.69) is 14.2 Å². The van der Waals surface area contributed by atoms with Gasteiger partial charge in [0, 0.05) is 0 Å². The summed E-state index contributed by atoms with van der Waals surface area (Å²) in [5.74, 6) is -3.29. The van der Waals surface area contributed by atoms with Crippen molar-refractivity contribution in [2.75, 3.05) is 0 Å². The highest BCUT2D eigenvalue weighted by atomic mass is 16.9. The van der Waals surface area contributed by atoms with Gasteiger partial charge in [-0.25, -0.2) is 14.4 Å². The Morgan fingerprint density at radius 2 is 1.41 bits per heavy atom. The first kappa shape index (κ1) is 14.7. The van der Waals surface area contributed by atoms with Crippen LogP contribution in [0.5, 0.6) is 0 Å². The minimum Gasteiger partial charge on any atom is -0.450 e.